The van der Waals surface area contributed by atoms with E-state index in [-0.39, 0.29) is 30.3 Å². The van der Waals surface area contributed by atoms with Crippen LogP contribution in [0.5, 0.6) is 0 Å². The maximum absolute atomic E-state index is 12.5. The summed E-state index contributed by atoms with van der Waals surface area (Å²) in [5.41, 5.74) is -0.0171. The van der Waals surface area contributed by atoms with E-state index in [1.54, 1.807) is 0 Å². The standard InChI is InChI=1S/C15H17F3N8O6S3/c16-15(17,18)35(32)5-7(27)21-8-10(28)26-9(12(29)30)6(3-33-11(8)26)4-34-14-22-23-24-25(14)2-1-20-13(19)31/h8,11H,1-5H2,(H,21,27)(H,29,30)(H3,19,20,31)/t8?,11-,35?/m1/s1. The van der Waals surface area contributed by atoms with Crippen molar-refractivity contribution in [3.8, 4) is 0 Å². The smallest absolute Gasteiger partial charge is 0.573 e. The Hall–Kier alpha value is -2.71. The predicted molar refractivity (Wildman–Crippen MR) is 115 cm³/mol. The van der Waals surface area contributed by atoms with Gasteiger partial charge in [0.25, 0.3) is 11.8 Å². The molecule has 35 heavy (non-hydrogen) atoms. The predicted octanol–water partition coefficient (Wildman–Crippen LogP) is -1.56. The number of β-lactam (4-membered cyclic amide) rings is 1. The summed E-state index contributed by atoms with van der Waals surface area (Å²) in [6.45, 7) is 0.353. The van der Waals surface area contributed by atoms with Crippen LogP contribution in [0.4, 0.5) is 18.0 Å². The molecule has 14 nitrogen and oxygen atoms in total. The number of amides is 4. The van der Waals surface area contributed by atoms with E-state index in [4.69, 9.17) is 5.73 Å². The number of fused-ring (bicyclic) bond motifs is 1. The lowest BCUT2D eigenvalue weighted by Crippen LogP contribution is -2.71. The van der Waals surface area contributed by atoms with Gasteiger partial charge in [0.1, 0.15) is 17.1 Å². The Kier molecular flexibility index (Phi) is 8.38. The fourth-order valence-electron chi connectivity index (χ4n) is 3.09. The van der Waals surface area contributed by atoms with Crippen LogP contribution < -0.4 is 16.4 Å². The SMILES string of the molecule is NC(=O)NCCn1nnnc1SCC1=C(C(=O)O)N2C(=O)C(NC(=O)C[S+]([O-])C(F)(F)F)[C@H]2SC1. The lowest BCUT2D eigenvalue weighted by molar-refractivity contribution is -0.150. The van der Waals surface area contributed by atoms with Crippen LogP contribution in [0.15, 0.2) is 16.4 Å². The first-order chi connectivity index (χ1) is 16.4. The molecular formula is C15H17F3N8O6S3. The summed E-state index contributed by atoms with van der Waals surface area (Å²) in [4.78, 5) is 48.0. The first-order valence-corrected chi connectivity index (χ1v) is 12.8. The number of halogens is 3. The van der Waals surface area contributed by atoms with Crippen LogP contribution in [-0.4, -0.2) is 99.3 Å². The van der Waals surface area contributed by atoms with E-state index in [2.05, 4.69) is 26.2 Å². The molecular weight excluding hydrogens is 541 g/mol. The van der Waals surface area contributed by atoms with Crippen LogP contribution >= 0.6 is 23.5 Å². The Morgan fingerprint density at radius 2 is 2.09 bits per heavy atom. The fraction of sp³-hybridized carbons (Fsp3) is 0.533. The van der Waals surface area contributed by atoms with Gasteiger partial charge in [-0.25, -0.2) is 14.3 Å². The number of nitrogens with zero attached hydrogens (tertiary/aromatic N) is 5. The topological polar surface area (TPSA) is 208 Å². The molecule has 2 aliphatic heterocycles. The largest absolute Gasteiger partial charge is 0.609 e. The number of thioether (sulfide) groups is 2. The number of alkyl halides is 3. The molecule has 1 fully saturated rings. The molecule has 0 bridgehead atoms. The second-order valence-electron chi connectivity index (χ2n) is 6.91. The first kappa shape index (κ1) is 26.9. The number of nitrogens with two attached hydrogens (primary N) is 1. The molecule has 1 saturated heterocycles. The number of hydrogen-bond acceptors (Lipinski definition) is 10. The summed E-state index contributed by atoms with van der Waals surface area (Å²) in [6.07, 6.45) is 0. The van der Waals surface area contributed by atoms with E-state index in [9.17, 15) is 42.0 Å². The van der Waals surface area contributed by atoms with Gasteiger partial charge >= 0.3 is 17.5 Å². The number of nitrogens with one attached hydrogen (secondary N) is 2. The van der Waals surface area contributed by atoms with Crippen molar-refractivity contribution >= 4 is 58.5 Å². The second kappa shape index (κ2) is 10.9. The number of aliphatic carboxylic acids is 1. The normalized spacial score (nSPS) is 20.7. The van der Waals surface area contributed by atoms with Crippen molar-refractivity contribution in [1.82, 2.24) is 35.7 Å². The Bertz CT molecular complexity index is 1050. The van der Waals surface area contributed by atoms with Gasteiger partial charge in [0, 0.05) is 18.1 Å². The van der Waals surface area contributed by atoms with Crippen molar-refractivity contribution in [1.29, 1.82) is 0 Å². The highest BCUT2D eigenvalue weighted by Crippen LogP contribution is 2.41. The second-order valence-corrected chi connectivity index (χ2v) is 10.4. The average Bonchev–Trinajstić information content (AvgIpc) is 3.21. The van der Waals surface area contributed by atoms with Crippen molar-refractivity contribution in [2.24, 2.45) is 5.73 Å². The summed E-state index contributed by atoms with van der Waals surface area (Å²) in [5.74, 6) is -4.56. The molecule has 0 saturated carbocycles. The first-order valence-electron chi connectivity index (χ1n) is 9.47. The molecule has 3 rings (SSSR count). The van der Waals surface area contributed by atoms with Gasteiger partial charge in [-0.05, 0) is 16.0 Å². The molecule has 0 spiro atoms. The lowest BCUT2D eigenvalue weighted by Gasteiger charge is -2.49. The molecule has 3 heterocycles. The highest BCUT2D eigenvalue weighted by Gasteiger charge is 2.55. The van der Waals surface area contributed by atoms with E-state index in [1.807, 2.05) is 0 Å². The molecule has 2 aliphatic rings. The molecule has 0 aliphatic carbocycles. The van der Waals surface area contributed by atoms with Gasteiger partial charge in [-0.3, -0.25) is 14.5 Å². The van der Waals surface area contributed by atoms with Crippen molar-refractivity contribution in [2.75, 3.05) is 23.8 Å². The van der Waals surface area contributed by atoms with Gasteiger partial charge in [-0.2, -0.15) is 0 Å². The van der Waals surface area contributed by atoms with Crippen molar-refractivity contribution in [2.45, 2.75) is 28.6 Å². The third kappa shape index (κ3) is 6.30. The molecule has 4 amide bonds. The number of hydrogen-bond donors (Lipinski definition) is 4. The van der Waals surface area contributed by atoms with Crippen LogP contribution in [-0.2, 0) is 32.1 Å². The molecule has 0 radical (unpaired) electrons. The third-order valence-corrected chi connectivity index (χ3v) is 8.01. The quantitative estimate of drug-likeness (QED) is 0.147. The summed E-state index contributed by atoms with van der Waals surface area (Å²) < 4.78 is 49.6. The zero-order valence-electron chi connectivity index (χ0n) is 17.4. The number of urea groups is 1. The van der Waals surface area contributed by atoms with E-state index in [0.717, 1.165) is 28.4 Å². The van der Waals surface area contributed by atoms with Crippen LogP contribution in [0.1, 0.15) is 0 Å². The Morgan fingerprint density at radius 1 is 1.37 bits per heavy atom. The molecule has 0 aromatic carbocycles. The summed E-state index contributed by atoms with van der Waals surface area (Å²) in [6, 6.07) is -1.97. The number of tetrazole rings is 1. The molecule has 1 aromatic heterocycles. The molecule has 1 aromatic rings. The average molecular weight is 559 g/mol. The molecule has 2 unspecified atom stereocenters. The fourth-order valence-corrected chi connectivity index (χ4v) is 5.96. The van der Waals surface area contributed by atoms with Crippen LogP contribution in [0.25, 0.3) is 0 Å². The number of carboxylic acids is 1. The molecule has 192 valence electrons. The monoisotopic (exact) mass is 558 g/mol. The summed E-state index contributed by atoms with van der Waals surface area (Å²) >= 11 is -1.22. The van der Waals surface area contributed by atoms with Crippen molar-refractivity contribution in [3.63, 3.8) is 0 Å². The van der Waals surface area contributed by atoms with Crippen molar-refractivity contribution < 1.29 is 42.0 Å². The summed E-state index contributed by atoms with van der Waals surface area (Å²) in [5, 5.41) is 24.8. The summed E-state index contributed by atoms with van der Waals surface area (Å²) in [7, 11) is 0. The lowest BCUT2D eigenvalue weighted by atomic mass is 10.0. The zero-order valence-corrected chi connectivity index (χ0v) is 19.8. The third-order valence-electron chi connectivity index (χ3n) is 4.58. The van der Waals surface area contributed by atoms with Crippen LogP contribution in [0.3, 0.4) is 0 Å². The van der Waals surface area contributed by atoms with E-state index < -0.39 is 57.7 Å². The number of aromatic nitrogens is 4. The van der Waals surface area contributed by atoms with Gasteiger partial charge in [0.15, 0.2) is 5.75 Å². The van der Waals surface area contributed by atoms with E-state index in [1.165, 1.54) is 4.68 Å². The minimum absolute atomic E-state index is 0.0936. The molecule has 3 atom stereocenters. The van der Waals surface area contributed by atoms with E-state index >= 15 is 0 Å². The van der Waals surface area contributed by atoms with Crippen LogP contribution in [0, 0.1) is 0 Å². The molecule has 5 N–H and O–H groups in total. The van der Waals surface area contributed by atoms with Gasteiger partial charge in [0.2, 0.25) is 5.16 Å². The highest BCUT2D eigenvalue weighted by atomic mass is 32.2. The number of primary amides is 1. The van der Waals surface area contributed by atoms with Gasteiger partial charge < -0.3 is 26.0 Å². The Balaban J connectivity index is 1.64. The number of carboxylic acid groups (broad SMARTS) is 1. The highest BCUT2D eigenvalue weighted by molar-refractivity contribution is 8.01. The van der Waals surface area contributed by atoms with Crippen molar-refractivity contribution in [3.05, 3.63) is 11.3 Å². The van der Waals surface area contributed by atoms with Gasteiger partial charge in [0.05, 0.1) is 17.7 Å². The number of carbonyl (C=O) groups excluding carboxylic acids is 3. The zero-order chi connectivity index (χ0) is 25.9. The maximum Gasteiger partial charge on any atom is 0.573 e. The molecule has 20 heteroatoms. The van der Waals surface area contributed by atoms with E-state index in [0.29, 0.717) is 10.7 Å². The van der Waals surface area contributed by atoms with Crippen LogP contribution in [0.2, 0.25) is 0 Å². The minimum Gasteiger partial charge on any atom is -0.609 e. The Labute approximate surface area is 205 Å². The number of rotatable bonds is 10. The van der Waals surface area contributed by atoms with Gasteiger partial charge in [-0.15, -0.1) is 30.0 Å². The van der Waals surface area contributed by atoms with Gasteiger partial charge in [-0.1, -0.05) is 11.8 Å². The maximum atomic E-state index is 12.5. The number of carbonyl (C=O) groups is 4. The Morgan fingerprint density at radius 3 is 2.71 bits per heavy atom. The minimum atomic E-state index is -5.07.